The van der Waals surface area contributed by atoms with Crippen molar-refractivity contribution in [2.45, 2.75) is 18.2 Å². The molecular formula is C10H21N2O3S. The van der Waals surface area contributed by atoms with Gasteiger partial charge >= 0.3 is 0 Å². The van der Waals surface area contributed by atoms with Crippen molar-refractivity contribution in [1.29, 1.82) is 0 Å². The molecule has 1 fully saturated rings. The number of ether oxygens (including phenoxy) is 1. The molecule has 16 heavy (non-hydrogen) atoms. The van der Waals surface area contributed by atoms with Gasteiger partial charge in [-0.1, -0.05) is 0 Å². The number of nitrogens with one attached hydrogen (secondary N) is 1. The molecule has 95 valence electrons. The number of hydrogen-bond acceptors (Lipinski definition) is 5. The first-order chi connectivity index (χ1) is 7.75. The fourth-order valence-electron chi connectivity index (χ4n) is 1.81. The van der Waals surface area contributed by atoms with Crippen molar-refractivity contribution in [1.82, 2.24) is 10.2 Å². The van der Waals surface area contributed by atoms with Gasteiger partial charge in [0.1, 0.15) is 5.37 Å². The molecule has 1 atom stereocenters. The van der Waals surface area contributed by atoms with Gasteiger partial charge in [-0.2, -0.15) is 0 Å². The Morgan fingerprint density at radius 2 is 2.12 bits per heavy atom. The Labute approximate surface area is 99.1 Å². The molecule has 0 spiro atoms. The normalized spacial score (nSPS) is 20.1. The van der Waals surface area contributed by atoms with Gasteiger partial charge in [0.05, 0.1) is 6.61 Å². The minimum Gasteiger partial charge on any atom is -0.383 e. The largest absolute Gasteiger partial charge is 0.383 e. The minimum atomic E-state index is -2.40. The topological polar surface area (TPSA) is 58.6 Å². The van der Waals surface area contributed by atoms with Crippen molar-refractivity contribution in [2.75, 3.05) is 39.9 Å². The summed E-state index contributed by atoms with van der Waals surface area (Å²) in [5, 5.41) is 2.73. The zero-order chi connectivity index (χ0) is 11.8. The van der Waals surface area contributed by atoms with Crippen LogP contribution in [-0.2, 0) is 15.4 Å². The molecule has 1 unspecified atom stereocenters. The monoisotopic (exact) mass is 249 g/mol. The molecule has 0 saturated carbocycles. The summed E-state index contributed by atoms with van der Waals surface area (Å²) in [4.78, 5) is 2.03. The maximum Gasteiger partial charge on any atom is 0.157 e. The number of hydrogen-bond donors (Lipinski definition) is 2. The predicted molar refractivity (Wildman–Crippen MR) is 64.0 cm³/mol. The number of methoxy groups -OCH3 is 1. The molecule has 0 aromatic heterocycles. The smallest absolute Gasteiger partial charge is 0.157 e. The van der Waals surface area contributed by atoms with E-state index < -0.39 is 10.7 Å². The third kappa shape index (κ3) is 4.78. The standard InChI is InChI=1S/C10H21N2O3S/c1-15-8-5-11-9-10(16(13)14)12-6-3-2-4-7-12/h2,10-11,16H,3-9H2,1H3. The number of thiol groups is 1. The van der Waals surface area contributed by atoms with Gasteiger partial charge in [0.2, 0.25) is 0 Å². The Morgan fingerprint density at radius 1 is 1.44 bits per heavy atom. The first-order valence-electron chi connectivity index (χ1n) is 5.64. The van der Waals surface area contributed by atoms with Crippen LogP contribution in [0.15, 0.2) is 0 Å². The fourth-order valence-corrected chi connectivity index (χ4v) is 2.59. The van der Waals surface area contributed by atoms with E-state index in [2.05, 4.69) is 11.7 Å². The van der Waals surface area contributed by atoms with Crippen molar-refractivity contribution >= 4 is 10.7 Å². The van der Waals surface area contributed by atoms with E-state index in [0.29, 0.717) is 19.7 Å². The van der Waals surface area contributed by atoms with E-state index in [1.54, 1.807) is 7.11 Å². The lowest BCUT2D eigenvalue weighted by molar-refractivity contribution is 0.191. The summed E-state index contributed by atoms with van der Waals surface area (Å²) in [6.45, 7) is 3.48. The van der Waals surface area contributed by atoms with Crippen molar-refractivity contribution in [3.05, 3.63) is 6.42 Å². The number of piperidine rings is 1. The van der Waals surface area contributed by atoms with Crippen LogP contribution in [0.4, 0.5) is 0 Å². The van der Waals surface area contributed by atoms with E-state index in [1.165, 1.54) is 0 Å². The quantitative estimate of drug-likeness (QED) is 0.469. The van der Waals surface area contributed by atoms with Gasteiger partial charge in [0.25, 0.3) is 0 Å². The van der Waals surface area contributed by atoms with Crippen LogP contribution in [0.5, 0.6) is 0 Å². The van der Waals surface area contributed by atoms with Crippen LogP contribution in [0.25, 0.3) is 0 Å². The summed E-state index contributed by atoms with van der Waals surface area (Å²) in [5.41, 5.74) is 0. The molecule has 1 saturated heterocycles. The van der Waals surface area contributed by atoms with Crippen LogP contribution in [0.3, 0.4) is 0 Å². The second-order valence-electron chi connectivity index (χ2n) is 3.86. The van der Waals surface area contributed by atoms with E-state index in [4.69, 9.17) is 4.74 Å². The van der Waals surface area contributed by atoms with E-state index in [-0.39, 0.29) is 5.37 Å². The molecule has 1 radical (unpaired) electrons. The summed E-state index contributed by atoms with van der Waals surface area (Å²) in [6, 6.07) is 0. The van der Waals surface area contributed by atoms with Gasteiger partial charge in [0.15, 0.2) is 10.7 Å². The molecular weight excluding hydrogens is 228 g/mol. The lowest BCUT2D eigenvalue weighted by Gasteiger charge is -2.31. The van der Waals surface area contributed by atoms with Gasteiger partial charge in [0, 0.05) is 20.2 Å². The number of nitrogens with zero attached hydrogens (tertiary/aromatic N) is 1. The lowest BCUT2D eigenvalue weighted by Crippen LogP contribution is -2.46. The molecule has 5 nitrogen and oxygen atoms in total. The van der Waals surface area contributed by atoms with E-state index >= 15 is 0 Å². The molecule has 1 rings (SSSR count). The van der Waals surface area contributed by atoms with Crippen LogP contribution in [0.1, 0.15) is 12.8 Å². The third-order valence-corrected chi connectivity index (χ3v) is 3.71. The average Bonchev–Trinajstić information content (AvgIpc) is 2.30. The summed E-state index contributed by atoms with van der Waals surface area (Å²) < 4.78 is 27.3. The highest BCUT2D eigenvalue weighted by Gasteiger charge is 2.22. The summed E-state index contributed by atoms with van der Waals surface area (Å²) in [5.74, 6) is 0. The Morgan fingerprint density at radius 3 is 2.69 bits per heavy atom. The molecule has 0 aromatic carbocycles. The summed E-state index contributed by atoms with van der Waals surface area (Å²) in [6.07, 6.45) is 4.18. The molecule has 6 heteroatoms. The van der Waals surface area contributed by atoms with Crippen molar-refractivity contribution < 1.29 is 13.2 Å². The number of likely N-dealkylation sites (tertiary alicyclic amines) is 1. The van der Waals surface area contributed by atoms with Crippen LogP contribution >= 0.6 is 0 Å². The molecule has 0 amide bonds. The average molecular weight is 249 g/mol. The van der Waals surface area contributed by atoms with Crippen LogP contribution in [-0.4, -0.2) is 58.6 Å². The van der Waals surface area contributed by atoms with E-state index in [9.17, 15) is 8.42 Å². The van der Waals surface area contributed by atoms with Gasteiger partial charge in [-0.15, -0.1) is 0 Å². The van der Waals surface area contributed by atoms with Crippen molar-refractivity contribution in [2.24, 2.45) is 0 Å². The summed E-state index contributed by atoms with van der Waals surface area (Å²) in [7, 11) is -0.766. The molecule has 0 bridgehead atoms. The molecule has 1 N–H and O–H groups in total. The molecule has 1 heterocycles. The Bertz CT molecular complexity index is 244. The predicted octanol–water partition coefficient (Wildman–Crippen LogP) is -0.540. The highest BCUT2D eigenvalue weighted by Crippen LogP contribution is 2.11. The molecule has 0 aliphatic carbocycles. The van der Waals surface area contributed by atoms with Crippen molar-refractivity contribution in [3.63, 3.8) is 0 Å². The maximum absolute atomic E-state index is 11.2. The van der Waals surface area contributed by atoms with Crippen LogP contribution in [0.2, 0.25) is 0 Å². The van der Waals surface area contributed by atoms with Gasteiger partial charge in [-0.25, -0.2) is 8.42 Å². The summed E-state index contributed by atoms with van der Waals surface area (Å²) >= 11 is 0. The van der Waals surface area contributed by atoms with Gasteiger partial charge in [-0.05, 0) is 32.4 Å². The molecule has 1 aliphatic heterocycles. The van der Waals surface area contributed by atoms with Gasteiger partial charge < -0.3 is 10.1 Å². The van der Waals surface area contributed by atoms with E-state index in [0.717, 1.165) is 25.9 Å². The third-order valence-electron chi connectivity index (χ3n) is 2.72. The SMILES string of the molecule is COCCNCC(N1CC[CH]CC1)[SH](=O)=O. The second-order valence-corrected chi connectivity index (χ2v) is 5.03. The Balaban J connectivity index is 2.34. The Kier molecular flexibility index (Phi) is 6.95. The fraction of sp³-hybridized carbons (Fsp3) is 0.900. The van der Waals surface area contributed by atoms with Gasteiger partial charge in [-0.3, -0.25) is 4.90 Å². The number of rotatable bonds is 7. The van der Waals surface area contributed by atoms with Crippen LogP contribution < -0.4 is 5.32 Å². The Hall–Kier alpha value is -0.170. The first kappa shape index (κ1) is 13.9. The molecule has 1 aliphatic rings. The van der Waals surface area contributed by atoms with Crippen molar-refractivity contribution in [3.8, 4) is 0 Å². The lowest BCUT2D eigenvalue weighted by atomic mass is 10.1. The van der Waals surface area contributed by atoms with Crippen LogP contribution in [0, 0.1) is 6.42 Å². The zero-order valence-corrected chi connectivity index (χ0v) is 10.6. The molecule has 0 aromatic rings. The maximum atomic E-state index is 11.2. The zero-order valence-electron chi connectivity index (χ0n) is 9.72. The highest BCUT2D eigenvalue weighted by molar-refractivity contribution is 7.73. The first-order valence-corrected chi connectivity index (χ1v) is 6.89. The highest BCUT2D eigenvalue weighted by atomic mass is 32.2. The minimum absolute atomic E-state index is 0.374. The van der Waals surface area contributed by atoms with E-state index in [1.807, 2.05) is 4.90 Å². The second kappa shape index (κ2) is 8.00.